The number of carbonyl (C=O) groups excluding carboxylic acids is 1. The number of fused-ring (bicyclic) bond motifs is 2. The largest absolute Gasteiger partial charge is 0.462 e. The first-order valence-corrected chi connectivity index (χ1v) is 8.55. The summed E-state index contributed by atoms with van der Waals surface area (Å²) in [4.78, 5) is 12.3. The standard InChI is InChI=1S/C16H19NO4S/c1-2-20-16(18)15-4-13-14(22-15)3-9(21-13)5-17-6-10-11-7-19-8-12(10)11/h3-4,10-12,17H,2,5-8H2,1H3. The normalized spacial score (nSPS) is 26.3. The number of nitrogens with one attached hydrogen (secondary N) is 1. The Morgan fingerprint density at radius 3 is 2.95 bits per heavy atom. The van der Waals surface area contributed by atoms with Gasteiger partial charge in [0, 0.05) is 6.07 Å². The molecule has 1 N–H and O–H groups in total. The lowest BCUT2D eigenvalue weighted by atomic mass is 10.3. The highest BCUT2D eigenvalue weighted by Crippen LogP contribution is 2.50. The average molecular weight is 321 g/mol. The van der Waals surface area contributed by atoms with Crippen LogP contribution in [0, 0.1) is 17.8 Å². The second-order valence-electron chi connectivity index (χ2n) is 5.93. The van der Waals surface area contributed by atoms with Gasteiger partial charge in [0.1, 0.15) is 16.2 Å². The summed E-state index contributed by atoms with van der Waals surface area (Å²) in [5.74, 6) is 2.97. The number of hydrogen-bond donors (Lipinski definition) is 1. The fourth-order valence-electron chi connectivity index (χ4n) is 3.30. The lowest BCUT2D eigenvalue weighted by Gasteiger charge is -2.04. The highest BCUT2D eigenvalue weighted by atomic mass is 32.1. The van der Waals surface area contributed by atoms with Crippen LogP contribution in [0.15, 0.2) is 16.5 Å². The summed E-state index contributed by atoms with van der Waals surface area (Å²) in [6.45, 7) is 5.82. The first-order valence-electron chi connectivity index (χ1n) is 7.74. The van der Waals surface area contributed by atoms with E-state index in [1.807, 2.05) is 6.07 Å². The third kappa shape index (κ3) is 2.55. The van der Waals surface area contributed by atoms with E-state index in [2.05, 4.69) is 5.32 Å². The predicted molar refractivity (Wildman–Crippen MR) is 83.0 cm³/mol. The SMILES string of the molecule is CCOC(=O)c1cc2oc(CNCC3C4COCC34)cc2s1. The van der Waals surface area contributed by atoms with Gasteiger partial charge in [-0.1, -0.05) is 0 Å². The van der Waals surface area contributed by atoms with Crippen molar-refractivity contribution in [1.29, 1.82) is 0 Å². The Morgan fingerprint density at radius 1 is 1.41 bits per heavy atom. The highest BCUT2D eigenvalue weighted by Gasteiger charge is 2.53. The average Bonchev–Trinajstić information content (AvgIpc) is 2.93. The summed E-state index contributed by atoms with van der Waals surface area (Å²) >= 11 is 1.42. The Balaban J connectivity index is 1.32. The van der Waals surface area contributed by atoms with Gasteiger partial charge in [0.2, 0.25) is 0 Å². The van der Waals surface area contributed by atoms with Crippen LogP contribution in [0.25, 0.3) is 10.3 Å². The molecule has 3 heterocycles. The van der Waals surface area contributed by atoms with Crippen molar-refractivity contribution in [2.45, 2.75) is 13.5 Å². The Bertz CT molecular complexity index is 650. The fraction of sp³-hybridized carbons (Fsp3) is 0.562. The molecule has 2 atom stereocenters. The number of esters is 1. The van der Waals surface area contributed by atoms with Crippen LogP contribution in [0.1, 0.15) is 22.4 Å². The number of hydrogen-bond acceptors (Lipinski definition) is 6. The van der Waals surface area contributed by atoms with Crippen LogP contribution >= 0.6 is 11.3 Å². The summed E-state index contributed by atoms with van der Waals surface area (Å²) in [7, 11) is 0. The maximum Gasteiger partial charge on any atom is 0.348 e. The first kappa shape index (κ1) is 14.2. The van der Waals surface area contributed by atoms with Gasteiger partial charge in [-0.05, 0) is 37.3 Å². The molecule has 2 aromatic rings. The van der Waals surface area contributed by atoms with Crippen LogP contribution in [0.2, 0.25) is 0 Å². The van der Waals surface area contributed by atoms with Crippen molar-refractivity contribution in [1.82, 2.24) is 5.32 Å². The molecule has 0 aromatic carbocycles. The molecule has 2 aliphatic rings. The molecule has 0 radical (unpaired) electrons. The maximum atomic E-state index is 11.7. The number of rotatable bonds is 6. The number of ether oxygens (including phenoxy) is 2. The molecule has 1 aliphatic carbocycles. The molecule has 118 valence electrons. The summed E-state index contributed by atoms with van der Waals surface area (Å²) in [5, 5.41) is 3.46. The first-order chi connectivity index (χ1) is 10.8. The molecular weight excluding hydrogens is 302 g/mol. The van der Waals surface area contributed by atoms with Gasteiger partial charge in [-0.2, -0.15) is 0 Å². The molecule has 4 rings (SSSR count). The second-order valence-corrected chi connectivity index (χ2v) is 7.02. The molecule has 22 heavy (non-hydrogen) atoms. The Kier molecular flexibility index (Phi) is 3.68. The van der Waals surface area contributed by atoms with Gasteiger partial charge in [-0.25, -0.2) is 4.79 Å². The van der Waals surface area contributed by atoms with E-state index in [9.17, 15) is 4.79 Å². The lowest BCUT2D eigenvalue weighted by Crippen LogP contribution is -2.19. The third-order valence-corrected chi connectivity index (χ3v) is 5.59. The molecule has 0 spiro atoms. The van der Waals surface area contributed by atoms with E-state index in [0.717, 1.165) is 60.1 Å². The van der Waals surface area contributed by atoms with Gasteiger partial charge in [0.05, 0.1) is 31.1 Å². The second kappa shape index (κ2) is 5.68. The number of furan rings is 1. The lowest BCUT2D eigenvalue weighted by molar-refractivity contribution is 0.0532. The molecule has 2 unspecified atom stereocenters. The Labute approximate surface area is 132 Å². The molecule has 2 fully saturated rings. The quantitative estimate of drug-likeness (QED) is 0.829. The minimum absolute atomic E-state index is 0.277. The van der Waals surface area contributed by atoms with E-state index in [1.165, 1.54) is 11.3 Å². The molecule has 6 heteroatoms. The molecule has 5 nitrogen and oxygen atoms in total. The predicted octanol–water partition coefficient (Wildman–Crippen LogP) is 2.65. The summed E-state index contributed by atoms with van der Waals surface area (Å²) < 4.78 is 17.2. The van der Waals surface area contributed by atoms with Crippen LogP contribution in [-0.4, -0.2) is 32.3 Å². The monoisotopic (exact) mass is 321 g/mol. The van der Waals surface area contributed by atoms with Gasteiger partial charge in [0.15, 0.2) is 0 Å². The Morgan fingerprint density at radius 2 is 2.23 bits per heavy atom. The van der Waals surface area contributed by atoms with Crippen LogP contribution in [0.5, 0.6) is 0 Å². The number of thiophene rings is 1. The summed E-state index contributed by atoms with van der Waals surface area (Å²) in [6.07, 6.45) is 0. The molecule has 0 bridgehead atoms. The molecule has 1 saturated carbocycles. The van der Waals surface area contributed by atoms with E-state index >= 15 is 0 Å². The number of carbonyl (C=O) groups is 1. The van der Waals surface area contributed by atoms with E-state index < -0.39 is 0 Å². The van der Waals surface area contributed by atoms with E-state index in [0.29, 0.717) is 11.5 Å². The molecular formula is C16H19NO4S. The zero-order valence-corrected chi connectivity index (χ0v) is 13.3. The maximum absolute atomic E-state index is 11.7. The third-order valence-electron chi connectivity index (χ3n) is 4.54. The van der Waals surface area contributed by atoms with Crippen molar-refractivity contribution < 1.29 is 18.7 Å². The van der Waals surface area contributed by atoms with Crippen LogP contribution in [-0.2, 0) is 16.0 Å². The van der Waals surface area contributed by atoms with E-state index in [1.54, 1.807) is 13.0 Å². The fourth-order valence-corrected chi connectivity index (χ4v) is 4.24. The van der Waals surface area contributed by atoms with Crippen molar-refractivity contribution in [2.24, 2.45) is 17.8 Å². The molecule has 0 amide bonds. The molecule has 1 aliphatic heterocycles. The minimum atomic E-state index is -0.277. The van der Waals surface area contributed by atoms with Gasteiger partial charge in [0.25, 0.3) is 0 Å². The summed E-state index contributed by atoms with van der Waals surface area (Å²) in [6, 6.07) is 3.77. The minimum Gasteiger partial charge on any atom is -0.462 e. The van der Waals surface area contributed by atoms with Crippen molar-refractivity contribution in [3.63, 3.8) is 0 Å². The Hall–Kier alpha value is -1.37. The van der Waals surface area contributed by atoms with Gasteiger partial charge in [-0.15, -0.1) is 11.3 Å². The van der Waals surface area contributed by atoms with Crippen LogP contribution in [0.3, 0.4) is 0 Å². The highest BCUT2D eigenvalue weighted by molar-refractivity contribution is 7.20. The zero-order valence-electron chi connectivity index (χ0n) is 12.5. The summed E-state index contributed by atoms with van der Waals surface area (Å²) in [5.41, 5.74) is 0.765. The van der Waals surface area contributed by atoms with Crippen molar-refractivity contribution in [3.05, 3.63) is 22.8 Å². The molecule has 1 saturated heterocycles. The van der Waals surface area contributed by atoms with Gasteiger partial charge in [-0.3, -0.25) is 0 Å². The van der Waals surface area contributed by atoms with Gasteiger partial charge < -0.3 is 19.2 Å². The topological polar surface area (TPSA) is 60.7 Å². The van der Waals surface area contributed by atoms with Crippen molar-refractivity contribution in [2.75, 3.05) is 26.4 Å². The van der Waals surface area contributed by atoms with Gasteiger partial charge >= 0.3 is 5.97 Å². The smallest absolute Gasteiger partial charge is 0.348 e. The van der Waals surface area contributed by atoms with E-state index in [4.69, 9.17) is 13.9 Å². The van der Waals surface area contributed by atoms with E-state index in [-0.39, 0.29) is 5.97 Å². The molecule has 2 aromatic heterocycles. The zero-order chi connectivity index (χ0) is 15.1. The van der Waals surface area contributed by atoms with Crippen molar-refractivity contribution >= 4 is 27.6 Å². The van der Waals surface area contributed by atoms with Crippen LogP contribution < -0.4 is 5.32 Å². The van der Waals surface area contributed by atoms with Crippen molar-refractivity contribution in [3.8, 4) is 0 Å². The van der Waals surface area contributed by atoms with Crippen LogP contribution in [0.4, 0.5) is 0 Å².